The van der Waals surface area contributed by atoms with Crippen LogP contribution in [-0.2, 0) is 11.3 Å². The van der Waals surface area contributed by atoms with Gasteiger partial charge in [-0.1, -0.05) is 36.4 Å². The second-order valence-electron chi connectivity index (χ2n) is 7.81. The summed E-state index contributed by atoms with van der Waals surface area (Å²) in [5, 5.41) is 12.5. The van der Waals surface area contributed by atoms with Crippen LogP contribution in [0.4, 0.5) is 5.69 Å². The number of piperidine rings is 1. The van der Waals surface area contributed by atoms with Crippen LogP contribution in [0, 0.1) is 0 Å². The van der Waals surface area contributed by atoms with Crippen molar-refractivity contribution in [3.05, 3.63) is 54.4 Å². The highest BCUT2D eigenvalue weighted by Crippen LogP contribution is 2.30. The zero-order chi connectivity index (χ0) is 23.0. The van der Waals surface area contributed by atoms with E-state index in [-0.39, 0.29) is 11.7 Å². The summed E-state index contributed by atoms with van der Waals surface area (Å²) in [7, 11) is 3.15. The molecule has 174 valence electrons. The van der Waals surface area contributed by atoms with Gasteiger partial charge in [-0.05, 0) is 50.2 Å². The van der Waals surface area contributed by atoms with Crippen molar-refractivity contribution in [1.82, 2.24) is 19.7 Å². The summed E-state index contributed by atoms with van der Waals surface area (Å²) in [5.41, 5.74) is 1.59. The van der Waals surface area contributed by atoms with E-state index in [1.807, 2.05) is 30.3 Å². The summed E-state index contributed by atoms with van der Waals surface area (Å²) in [4.78, 5) is 15.1. The number of carbonyl (C=O) groups is 1. The van der Waals surface area contributed by atoms with Gasteiger partial charge in [-0.3, -0.25) is 14.3 Å². The largest absolute Gasteiger partial charge is 0.497 e. The molecule has 1 saturated heterocycles. The fraction of sp³-hybridized carbons (Fsp3) is 0.375. The van der Waals surface area contributed by atoms with Gasteiger partial charge in [0.1, 0.15) is 11.5 Å². The van der Waals surface area contributed by atoms with Crippen molar-refractivity contribution in [2.45, 2.75) is 31.0 Å². The summed E-state index contributed by atoms with van der Waals surface area (Å²) in [6.45, 7) is 2.91. The topological polar surface area (TPSA) is 81.5 Å². The number of carbonyl (C=O) groups excluding carboxylic acids is 1. The van der Waals surface area contributed by atoms with Crippen molar-refractivity contribution >= 4 is 23.4 Å². The van der Waals surface area contributed by atoms with Crippen molar-refractivity contribution in [2.75, 3.05) is 38.4 Å². The molecule has 8 nitrogen and oxygen atoms in total. The number of amides is 1. The Morgan fingerprint density at radius 3 is 2.55 bits per heavy atom. The molecule has 1 fully saturated rings. The average molecular weight is 468 g/mol. The maximum atomic E-state index is 12.7. The fourth-order valence-electron chi connectivity index (χ4n) is 3.87. The third-order valence-electron chi connectivity index (χ3n) is 5.54. The number of aromatic nitrogens is 3. The molecule has 9 heteroatoms. The van der Waals surface area contributed by atoms with Crippen LogP contribution in [0.5, 0.6) is 11.5 Å². The molecular weight excluding hydrogens is 438 g/mol. The Kier molecular flexibility index (Phi) is 7.85. The third-order valence-corrected chi connectivity index (χ3v) is 6.47. The van der Waals surface area contributed by atoms with Crippen molar-refractivity contribution in [1.29, 1.82) is 0 Å². The van der Waals surface area contributed by atoms with Crippen molar-refractivity contribution in [3.63, 3.8) is 0 Å². The van der Waals surface area contributed by atoms with E-state index in [0.717, 1.165) is 31.1 Å². The minimum atomic E-state index is -0.149. The summed E-state index contributed by atoms with van der Waals surface area (Å²) < 4.78 is 12.6. The van der Waals surface area contributed by atoms with Gasteiger partial charge in [-0.25, -0.2) is 0 Å². The van der Waals surface area contributed by atoms with E-state index >= 15 is 0 Å². The molecule has 1 N–H and O–H groups in total. The first-order valence-electron chi connectivity index (χ1n) is 11.0. The minimum Gasteiger partial charge on any atom is -0.497 e. The smallest absolute Gasteiger partial charge is 0.234 e. The number of likely N-dealkylation sites (tertiary alicyclic amines) is 1. The van der Waals surface area contributed by atoms with E-state index in [1.165, 1.54) is 31.0 Å². The molecule has 0 spiro atoms. The number of anilines is 1. The van der Waals surface area contributed by atoms with E-state index in [1.54, 1.807) is 32.4 Å². The Bertz CT molecular complexity index is 1070. The van der Waals surface area contributed by atoms with Gasteiger partial charge < -0.3 is 14.8 Å². The molecule has 4 rings (SSSR count). The number of rotatable bonds is 9. The van der Waals surface area contributed by atoms with Gasteiger partial charge in [0.15, 0.2) is 11.0 Å². The number of para-hydroxylation sites is 1. The summed E-state index contributed by atoms with van der Waals surface area (Å²) in [6.07, 6.45) is 3.73. The van der Waals surface area contributed by atoms with E-state index in [2.05, 4.69) is 25.0 Å². The molecule has 2 heterocycles. The Morgan fingerprint density at radius 2 is 1.82 bits per heavy atom. The first-order valence-corrected chi connectivity index (χ1v) is 12.0. The molecule has 0 atom stereocenters. The van der Waals surface area contributed by atoms with Crippen LogP contribution in [0.1, 0.15) is 25.1 Å². The second-order valence-corrected chi connectivity index (χ2v) is 8.75. The number of thioether (sulfide) groups is 1. The van der Waals surface area contributed by atoms with Crippen LogP contribution in [0.2, 0.25) is 0 Å². The number of nitrogens with zero attached hydrogens (tertiary/aromatic N) is 4. The quantitative estimate of drug-likeness (QED) is 0.476. The number of benzene rings is 2. The number of nitrogens with one attached hydrogen (secondary N) is 1. The highest BCUT2D eigenvalue weighted by Gasteiger charge is 2.19. The van der Waals surface area contributed by atoms with E-state index in [9.17, 15) is 4.79 Å². The Labute approximate surface area is 198 Å². The predicted octanol–water partition coefficient (Wildman–Crippen LogP) is 4.00. The molecule has 1 aliphatic heterocycles. The zero-order valence-corrected chi connectivity index (χ0v) is 19.8. The van der Waals surface area contributed by atoms with Crippen molar-refractivity contribution < 1.29 is 14.3 Å². The van der Waals surface area contributed by atoms with Gasteiger partial charge in [0, 0.05) is 11.8 Å². The first-order chi connectivity index (χ1) is 16.2. The maximum Gasteiger partial charge on any atom is 0.234 e. The second kappa shape index (κ2) is 11.2. The number of ether oxygens (including phenoxy) is 2. The van der Waals surface area contributed by atoms with Crippen LogP contribution < -0.4 is 14.8 Å². The van der Waals surface area contributed by atoms with Gasteiger partial charge in [-0.2, -0.15) is 0 Å². The van der Waals surface area contributed by atoms with Crippen LogP contribution in [0.25, 0.3) is 5.69 Å². The lowest BCUT2D eigenvalue weighted by molar-refractivity contribution is -0.113. The molecule has 0 bridgehead atoms. The Balaban J connectivity index is 1.48. The average Bonchev–Trinajstić information content (AvgIpc) is 3.26. The molecule has 1 amide bonds. The van der Waals surface area contributed by atoms with Crippen LogP contribution >= 0.6 is 11.8 Å². The van der Waals surface area contributed by atoms with E-state index in [4.69, 9.17) is 9.47 Å². The van der Waals surface area contributed by atoms with Gasteiger partial charge in [0.05, 0.1) is 32.2 Å². The predicted molar refractivity (Wildman–Crippen MR) is 129 cm³/mol. The van der Waals surface area contributed by atoms with Gasteiger partial charge in [0.25, 0.3) is 0 Å². The summed E-state index contributed by atoms with van der Waals surface area (Å²) in [6, 6.07) is 15.3. The fourth-order valence-corrected chi connectivity index (χ4v) is 4.64. The Morgan fingerprint density at radius 1 is 1.03 bits per heavy atom. The van der Waals surface area contributed by atoms with Gasteiger partial charge >= 0.3 is 0 Å². The van der Waals surface area contributed by atoms with Crippen LogP contribution in [-0.4, -0.2) is 58.6 Å². The number of methoxy groups -OCH3 is 2. The highest BCUT2D eigenvalue weighted by molar-refractivity contribution is 7.99. The van der Waals surface area contributed by atoms with Gasteiger partial charge in [-0.15, -0.1) is 10.2 Å². The van der Waals surface area contributed by atoms with E-state index in [0.29, 0.717) is 22.3 Å². The lowest BCUT2D eigenvalue weighted by atomic mass is 10.1. The van der Waals surface area contributed by atoms with Crippen LogP contribution in [0.3, 0.4) is 0 Å². The molecule has 1 aliphatic rings. The molecule has 0 saturated carbocycles. The first kappa shape index (κ1) is 23.1. The molecule has 0 unspecified atom stereocenters. The number of hydrogen-bond donors (Lipinski definition) is 1. The lowest BCUT2D eigenvalue weighted by Gasteiger charge is -2.26. The molecule has 3 aromatic rings. The standard InChI is InChI=1S/C24H29N5O3S/c1-31-19-11-12-20(21(15-19)32-2)25-23(30)17-33-24-27-26-22(16-28-13-7-4-8-14-28)29(24)18-9-5-3-6-10-18/h3,5-6,9-12,15H,4,7-8,13-14,16-17H2,1-2H3,(H,25,30). The number of hydrogen-bond acceptors (Lipinski definition) is 7. The minimum absolute atomic E-state index is 0.149. The summed E-state index contributed by atoms with van der Waals surface area (Å²) >= 11 is 1.37. The monoisotopic (exact) mass is 467 g/mol. The van der Waals surface area contributed by atoms with Crippen molar-refractivity contribution in [3.8, 4) is 17.2 Å². The molecule has 2 aromatic carbocycles. The third kappa shape index (κ3) is 5.85. The van der Waals surface area contributed by atoms with Crippen molar-refractivity contribution in [2.24, 2.45) is 0 Å². The van der Waals surface area contributed by atoms with Gasteiger partial charge in [0.2, 0.25) is 5.91 Å². The SMILES string of the molecule is COc1ccc(NC(=O)CSc2nnc(CN3CCCCC3)n2-c2ccccc2)c(OC)c1. The molecule has 0 radical (unpaired) electrons. The molecular formula is C24H29N5O3S. The molecule has 1 aromatic heterocycles. The van der Waals surface area contributed by atoms with E-state index < -0.39 is 0 Å². The zero-order valence-electron chi connectivity index (χ0n) is 19.0. The Hall–Kier alpha value is -3.04. The molecule has 0 aliphatic carbocycles. The lowest BCUT2D eigenvalue weighted by Crippen LogP contribution is -2.30. The summed E-state index contributed by atoms with van der Waals surface area (Å²) in [5.74, 6) is 2.15. The van der Waals surface area contributed by atoms with Crippen LogP contribution in [0.15, 0.2) is 53.7 Å². The normalized spacial score (nSPS) is 14.1. The molecule has 33 heavy (non-hydrogen) atoms. The maximum absolute atomic E-state index is 12.7. The highest BCUT2D eigenvalue weighted by atomic mass is 32.2.